The maximum absolute atomic E-state index is 11.9. The van der Waals surface area contributed by atoms with Crippen molar-refractivity contribution in [1.82, 2.24) is 0 Å². The predicted octanol–water partition coefficient (Wildman–Crippen LogP) is -1.03. The third-order valence-electron chi connectivity index (χ3n) is 0.824. The molecule has 0 N–H and O–H groups in total. The van der Waals surface area contributed by atoms with Gasteiger partial charge in [0.15, 0.2) is 11.6 Å². The monoisotopic (exact) mass is 193 g/mol. The quantitative estimate of drug-likeness (QED) is 0.495. The van der Waals surface area contributed by atoms with E-state index in [0.717, 1.165) is 12.1 Å². The third kappa shape index (κ3) is 2.10. The van der Waals surface area contributed by atoms with Crippen LogP contribution >= 0.6 is 0 Å². The smallest absolute Gasteiger partial charge is 0.158 e. The molecule has 0 fully saturated rings. The van der Waals surface area contributed by atoms with Crippen LogP contribution < -0.4 is 17.0 Å². The summed E-state index contributed by atoms with van der Waals surface area (Å²) < 4.78 is 23.9. The van der Waals surface area contributed by atoms with Crippen molar-refractivity contribution in [1.29, 1.82) is 0 Å². The van der Waals surface area contributed by atoms with E-state index < -0.39 is 11.6 Å². The molecule has 0 aliphatic carbocycles. The highest BCUT2D eigenvalue weighted by atomic mass is 79.9. The first-order valence-electron chi connectivity index (χ1n) is 2.21. The lowest BCUT2D eigenvalue weighted by Gasteiger charge is -1.85. The number of hydrogen-bond acceptors (Lipinski definition) is 0. The minimum absolute atomic E-state index is 0. The molecule has 0 heterocycles. The largest absolute Gasteiger partial charge is 1.00 e. The minimum Gasteiger partial charge on any atom is -1.00 e. The van der Waals surface area contributed by atoms with Gasteiger partial charge in [-0.3, -0.25) is 0 Å². The molecule has 9 heavy (non-hydrogen) atoms. The number of benzene rings is 1. The number of hydrogen-bond donors (Lipinski definition) is 0. The van der Waals surface area contributed by atoms with Crippen LogP contribution in [0.3, 0.4) is 0 Å². The Morgan fingerprint density at radius 2 is 1.22 bits per heavy atom. The molecule has 0 aliphatic rings. The Morgan fingerprint density at radius 1 is 0.889 bits per heavy atom. The molecule has 0 spiro atoms. The highest BCUT2D eigenvalue weighted by Gasteiger charge is 1.93. The van der Waals surface area contributed by atoms with E-state index in [9.17, 15) is 8.78 Å². The van der Waals surface area contributed by atoms with Gasteiger partial charge in [0.2, 0.25) is 0 Å². The van der Waals surface area contributed by atoms with Crippen LogP contribution in [0.4, 0.5) is 8.78 Å². The van der Waals surface area contributed by atoms with E-state index in [4.69, 9.17) is 0 Å². The SMILES string of the molecule is Fc1ccccc1F.[Br-]. The van der Waals surface area contributed by atoms with Gasteiger partial charge in [-0.15, -0.1) is 0 Å². The van der Waals surface area contributed by atoms with Gasteiger partial charge in [0.05, 0.1) is 0 Å². The van der Waals surface area contributed by atoms with Gasteiger partial charge in [-0.05, 0) is 12.1 Å². The Morgan fingerprint density at radius 3 is 1.44 bits per heavy atom. The van der Waals surface area contributed by atoms with Crippen molar-refractivity contribution in [2.24, 2.45) is 0 Å². The second-order valence-electron chi connectivity index (χ2n) is 1.41. The number of halogens is 3. The van der Waals surface area contributed by atoms with Gasteiger partial charge in [0.1, 0.15) is 0 Å². The fourth-order valence-electron chi connectivity index (χ4n) is 0.439. The Labute approximate surface area is 62.3 Å². The summed E-state index contributed by atoms with van der Waals surface area (Å²) in [6.45, 7) is 0. The van der Waals surface area contributed by atoms with Gasteiger partial charge >= 0.3 is 0 Å². The summed E-state index contributed by atoms with van der Waals surface area (Å²) in [5, 5.41) is 0. The van der Waals surface area contributed by atoms with Gasteiger partial charge in [-0.1, -0.05) is 12.1 Å². The van der Waals surface area contributed by atoms with Crippen molar-refractivity contribution in [3.05, 3.63) is 35.9 Å². The first-order chi connectivity index (χ1) is 3.80. The Kier molecular flexibility index (Phi) is 3.39. The summed E-state index contributed by atoms with van der Waals surface area (Å²) >= 11 is 0. The summed E-state index contributed by atoms with van der Waals surface area (Å²) in [6.07, 6.45) is 0. The van der Waals surface area contributed by atoms with E-state index in [1.807, 2.05) is 0 Å². The Balaban J connectivity index is 0.000000640. The van der Waals surface area contributed by atoms with Crippen molar-refractivity contribution in [3.63, 3.8) is 0 Å². The van der Waals surface area contributed by atoms with Gasteiger partial charge in [0, 0.05) is 0 Å². The number of rotatable bonds is 0. The molecule has 0 unspecified atom stereocenters. The summed E-state index contributed by atoms with van der Waals surface area (Å²) in [5.74, 6) is -1.60. The van der Waals surface area contributed by atoms with Crippen LogP contribution in [0, 0.1) is 11.6 Å². The van der Waals surface area contributed by atoms with Crippen LogP contribution in [0.2, 0.25) is 0 Å². The van der Waals surface area contributed by atoms with Crippen LogP contribution in [0.1, 0.15) is 0 Å². The van der Waals surface area contributed by atoms with Crippen LogP contribution in [-0.2, 0) is 0 Å². The molecule has 0 nitrogen and oxygen atoms in total. The zero-order valence-corrected chi connectivity index (χ0v) is 6.03. The molecule has 0 saturated carbocycles. The normalized spacial score (nSPS) is 8.22. The van der Waals surface area contributed by atoms with Gasteiger partial charge in [0.25, 0.3) is 0 Å². The summed E-state index contributed by atoms with van der Waals surface area (Å²) in [4.78, 5) is 0. The molecule has 3 heteroatoms. The lowest BCUT2D eigenvalue weighted by atomic mass is 10.3. The molecule has 50 valence electrons. The molecular formula is C6H4BrF2-. The van der Waals surface area contributed by atoms with Crippen molar-refractivity contribution >= 4 is 0 Å². The maximum atomic E-state index is 11.9. The maximum Gasteiger partial charge on any atom is 0.158 e. The van der Waals surface area contributed by atoms with E-state index in [1.54, 1.807) is 0 Å². The Bertz CT molecular complexity index is 167. The lowest BCUT2D eigenvalue weighted by molar-refractivity contribution is -0.00000269. The zero-order valence-electron chi connectivity index (χ0n) is 4.44. The van der Waals surface area contributed by atoms with Gasteiger partial charge in [-0.2, -0.15) is 0 Å². The van der Waals surface area contributed by atoms with E-state index in [1.165, 1.54) is 12.1 Å². The molecule has 0 bridgehead atoms. The first-order valence-corrected chi connectivity index (χ1v) is 2.21. The molecule has 0 aliphatic heterocycles. The third-order valence-corrected chi connectivity index (χ3v) is 0.824. The second-order valence-corrected chi connectivity index (χ2v) is 1.41. The lowest BCUT2D eigenvalue weighted by Crippen LogP contribution is -3.00. The molecule has 0 atom stereocenters. The van der Waals surface area contributed by atoms with Crippen molar-refractivity contribution in [2.75, 3.05) is 0 Å². The molecular weight excluding hydrogens is 190 g/mol. The fraction of sp³-hybridized carbons (Fsp3) is 0. The highest BCUT2D eigenvalue weighted by Crippen LogP contribution is 2.01. The van der Waals surface area contributed by atoms with Crippen LogP contribution in [0.15, 0.2) is 24.3 Å². The summed E-state index contributed by atoms with van der Waals surface area (Å²) in [5.41, 5.74) is 0. The molecule has 1 aromatic carbocycles. The first kappa shape index (κ1) is 8.56. The van der Waals surface area contributed by atoms with Gasteiger partial charge in [-0.25, -0.2) is 8.78 Å². The zero-order chi connectivity index (χ0) is 5.98. The Hall–Kier alpha value is -0.440. The molecule has 1 rings (SSSR count). The second kappa shape index (κ2) is 3.56. The highest BCUT2D eigenvalue weighted by molar-refractivity contribution is 5.05. The topological polar surface area (TPSA) is 0 Å². The molecule has 0 saturated heterocycles. The van der Waals surface area contributed by atoms with E-state index in [2.05, 4.69) is 0 Å². The van der Waals surface area contributed by atoms with E-state index in [-0.39, 0.29) is 17.0 Å². The predicted molar refractivity (Wildman–Crippen MR) is 26.4 cm³/mol. The average molecular weight is 194 g/mol. The van der Waals surface area contributed by atoms with Crippen molar-refractivity contribution in [2.45, 2.75) is 0 Å². The van der Waals surface area contributed by atoms with Crippen molar-refractivity contribution < 1.29 is 25.8 Å². The minimum atomic E-state index is -0.799. The molecule has 0 amide bonds. The molecule has 1 aromatic rings. The van der Waals surface area contributed by atoms with E-state index >= 15 is 0 Å². The van der Waals surface area contributed by atoms with Crippen LogP contribution in [0.25, 0.3) is 0 Å². The summed E-state index contributed by atoms with van der Waals surface area (Å²) in [7, 11) is 0. The van der Waals surface area contributed by atoms with Crippen LogP contribution in [-0.4, -0.2) is 0 Å². The fourth-order valence-corrected chi connectivity index (χ4v) is 0.439. The molecule has 0 aromatic heterocycles. The summed E-state index contributed by atoms with van der Waals surface area (Å²) in [6, 6.07) is 5.04. The standard InChI is InChI=1S/C6H4F2.BrH/c7-5-3-1-2-4-6(5)8;/h1-4H;1H/p-1. The van der Waals surface area contributed by atoms with Crippen LogP contribution in [0.5, 0.6) is 0 Å². The molecule has 0 radical (unpaired) electrons. The average Bonchev–Trinajstić information content (AvgIpc) is 1.77. The van der Waals surface area contributed by atoms with E-state index in [0.29, 0.717) is 0 Å². The van der Waals surface area contributed by atoms with Gasteiger partial charge < -0.3 is 17.0 Å². The van der Waals surface area contributed by atoms with Crippen molar-refractivity contribution in [3.8, 4) is 0 Å².